The van der Waals surface area contributed by atoms with Gasteiger partial charge >= 0.3 is 6.36 Å². The van der Waals surface area contributed by atoms with E-state index in [9.17, 15) is 22.8 Å². The molecule has 2 aromatic carbocycles. The number of hydrogen-bond donors (Lipinski definition) is 1. The number of halogens is 3. The first-order valence-corrected chi connectivity index (χ1v) is 10.0. The molecule has 0 aromatic heterocycles. The predicted octanol–water partition coefficient (Wildman–Crippen LogP) is 4.35. The molecule has 0 aliphatic rings. The average Bonchev–Trinajstić information content (AvgIpc) is 2.71. The van der Waals surface area contributed by atoms with E-state index in [2.05, 4.69) is 10.1 Å². The molecule has 5 nitrogen and oxygen atoms in total. The van der Waals surface area contributed by atoms with E-state index in [0.717, 1.165) is 22.9 Å². The molecule has 1 N–H and O–H groups in total. The number of rotatable bonds is 10. The van der Waals surface area contributed by atoms with E-state index in [1.54, 1.807) is 24.3 Å². The van der Waals surface area contributed by atoms with Gasteiger partial charge in [-0.15, -0.1) is 13.2 Å². The van der Waals surface area contributed by atoms with Gasteiger partial charge < -0.3 is 14.8 Å². The number of carbonyl (C=O) groups is 2. The van der Waals surface area contributed by atoms with Gasteiger partial charge in [-0.1, -0.05) is 43.0 Å². The van der Waals surface area contributed by atoms with Crippen LogP contribution in [0.5, 0.6) is 11.5 Å². The van der Waals surface area contributed by atoms with Crippen molar-refractivity contribution in [3.63, 3.8) is 0 Å². The van der Waals surface area contributed by atoms with Crippen LogP contribution in [-0.2, 0) is 16.0 Å². The smallest absolute Gasteiger partial charge is 0.493 e. The maximum Gasteiger partial charge on any atom is 0.573 e. The Kier molecular flexibility index (Phi) is 8.58. The number of hydrogen-bond acceptors (Lipinski definition) is 5. The molecule has 1 amide bonds. The molecule has 0 spiro atoms. The van der Waals surface area contributed by atoms with Gasteiger partial charge in [-0.3, -0.25) is 9.59 Å². The van der Waals surface area contributed by atoms with Crippen molar-refractivity contribution < 1.29 is 32.2 Å². The molecule has 0 heterocycles. The summed E-state index contributed by atoms with van der Waals surface area (Å²) in [6.07, 6.45) is -4.30. The molecule has 0 aliphatic carbocycles. The van der Waals surface area contributed by atoms with Crippen molar-refractivity contribution in [1.82, 2.24) is 5.32 Å². The molecule has 2 aromatic rings. The molecule has 0 saturated carbocycles. The third-order valence-corrected chi connectivity index (χ3v) is 5.11. The number of amides is 1. The zero-order valence-electron chi connectivity index (χ0n) is 16.4. The van der Waals surface area contributed by atoms with Crippen molar-refractivity contribution in [1.29, 1.82) is 0 Å². The molecule has 30 heavy (non-hydrogen) atoms. The molecule has 162 valence electrons. The fourth-order valence-corrected chi connectivity index (χ4v) is 3.35. The van der Waals surface area contributed by atoms with Crippen LogP contribution in [0.3, 0.4) is 0 Å². The summed E-state index contributed by atoms with van der Waals surface area (Å²) in [7, 11) is 1.52. The minimum atomic E-state index is -4.71. The molecule has 0 aliphatic heterocycles. The van der Waals surface area contributed by atoms with E-state index in [1.807, 2.05) is 19.1 Å². The van der Waals surface area contributed by atoms with Gasteiger partial charge in [-0.25, -0.2) is 0 Å². The van der Waals surface area contributed by atoms with E-state index in [0.29, 0.717) is 24.4 Å². The number of nitrogens with one attached hydrogen (secondary N) is 1. The summed E-state index contributed by atoms with van der Waals surface area (Å²) < 4.78 is 46.3. The summed E-state index contributed by atoms with van der Waals surface area (Å²) in [5.74, 6) is 0.0963. The highest BCUT2D eigenvalue weighted by Crippen LogP contribution is 2.26. The molecule has 0 bridgehead atoms. The van der Waals surface area contributed by atoms with E-state index in [4.69, 9.17) is 4.74 Å². The Labute approximate surface area is 176 Å². The van der Waals surface area contributed by atoms with Gasteiger partial charge in [-0.05, 0) is 41.8 Å². The molecule has 9 heteroatoms. The highest BCUT2D eigenvalue weighted by molar-refractivity contribution is 8.13. The van der Waals surface area contributed by atoms with Crippen LogP contribution in [-0.4, -0.2) is 36.8 Å². The van der Waals surface area contributed by atoms with Crippen LogP contribution in [0.4, 0.5) is 13.2 Å². The van der Waals surface area contributed by atoms with E-state index < -0.39 is 11.6 Å². The van der Waals surface area contributed by atoms with Gasteiger partial charge in [0.15, 0.2) is 5.62 Å². The largest absolute Gasteiger partial charge is 0.573 e. The fourth-order valence-electron chi connectivity index (χ4n) is 2.68. The molecule has 0 radical (unpaired) electrons. The van der Waals surface area contributed by atoms with Gasteiger partial charge in [0, 0.05) is 13.0 Å². The fraction of sp³-hybridized carbons (Fsp3) is 0.333. The number of benzene rings is 2. The SMILES string of the molecule is CNC(=O)C(Cc1ccc(OCC(C)c2ccc(OC(F)(F)F)cc2)cc1)SC=O. The third kappa shape index (κ3) is 7.62. The minimum Gasteiger partial charge on any atom is -0.493 e. The molecule has 2 unspecified atom stereocenters. The van der Waals surface area contributed by atoms with E-state index >= 15 is 0 Å². The molecular formula is C21H22F3NO4S. The van der Waals surface area contributed by atoms with Crippen LogP contribution >= 0.6 is 11.8 Å². The van der Waals surface area contributed by atoms with Crippen LogP contribution < -0.4 is 14.8 Å². The quantitative estimate of drug-likeness (QED) is 0.556. The van der Waals surface area contributed by atoms with Crippen LogP contribution in [0.25, 0.3) is 0 Å². The summed E-state index contributed by atoms with van der Waals surface area (Å²) in [6.45, 7) is 2.24. The summed E-state index contributed by atoms with van der Waals surface area (Å²) >= 11 is 0.929. The van der Waals surface area contributed by atoms with Crippen LogP contribution in [0.15, 0.2) is 48.5 Å². The topological polar surface area (TPSA) is 64.6 Å². The molecular weight excluding hydrogens is 419 g/mol. The monoisotopic (exact) mass is 441 g/mol. The summed E-state index contributed by atoms with van der Waals surface area (Å²) in [4.78, 5) is 22.5. The standard InChI is InChI=1S/C21H22F3NO4S/c1-14(16-5-9-18(10-6-16)29-21(22,23)24)12-28-17-7-3-15(4-8-17)11-19(30-13-26)20(27)25-2/h3-10,13-14,19H,11-12H2,1-2H3,(H,25,27). The molecule has 2 rings (SSSR count). The lowest BCUT2D eigenvalue weighted by Crippen LogP contribution is -2.31. The average molecular weight is 441 g/mol. The summed E-state index contributed by atoms with van der Waals surface area (Å²) in [6, 6.07) is 12.9. The minimum absolute atomic E-state index is 0.0498. The first kappa shape index (κ1) is 23.6. The first-order chi connectivity index (χ1) is 14.2. The summed E-state index contributed by atoms with van der Waals surface area (Å²) in [5.41, 5.74) is 2.36. The Balaban J connectivity index is 1.89. The lowest BCUT2D eigenvalue weighted by Gasteiger charge is -2.15. The van der Waals surface area contributed by atoms with Gasteiger partial charge in [0.2, 0.25) is 5.91 Å². The van der Waals surface area contributed by atoms with Gasteiger partial charge in [-0.2, -0.15) is 0 Å². The number of thioether (sulfide) groups is 1. The second kappa shape index (κ2) is 10.9. The molecule has 2 atom stereocenters. The lowest BCUT2D eigenvalue weighted by atomic mass is 10.0. The van der Waals surface area contributed by atoms with Crippen molar-refractivity contribution in [3.05, 3.63) is 59.7 Å². The maximum atomic E-state index is 12.2. The van der Waals surface area contributed by atoms with Crippen molar-refractivity contribution in [2.45, 2.75) is 30.9 Å². The lowest BCUT2D eigenvalue weighted by molar-refractivity contribution is -0.274. The zero-order chi connectivity index (χ0) is 22.1. The second-order valence-corrected chi connectivity index (χ2v) is 7.55. The Bertz CT molecular complexity index is 826. The highest BCUT2D eigenvalue weighted by Gasteiger charge is 2.31. The number of carbonyl (C=O) groups excluding carboxylic acids is 2. The van der Waals surface area contributed by atoms with E-state index in [-0.39, 0.29) is 17.6 Å². The predicted molar refractivity (Wildman–Crippen MR) is 109 cm³/mol. The molecule has 0 fully saturated rings. The van der Waals surface area contributed by atoms with E-state index in [1.165, 1.54) is 19.2 Å². The van der Waals surface area contributed by atoms with Crippen LogP contribution in [0.2, 0.25) is 0 Å². The second-order valence-electron chi connectivity index (χ2n) is 6.51. The van der Waals surface area contributed by atoms with Crippen LogP contribution in [0, 0.1) is 0 Å². The maximum absolute atomic E-state index is 12.2. The molecule has 0 saturated heterocycles. The first-order valence-electron chi connectivity index (χ1n) is 9.10. The van der Waals surface area contributed by atoms with Gasteiger partial charge in [0.05, 0.1) is 11.9 Å². The Morgan fingerprint density at radius 3 is 2.23 bits per heavy atom. The van der Waals surface area contributed by atoms with Gasteiger partial charge in [0.1, 0.15) is 11.5 Å². The summed E-state index contributed by atoms with van der Waals surface area (Å²) in [5, 5.41) is 2.04. The van der Waals surface area contributed by atoms with Crippen molar-refractivity contribution in [3.8, 4) is 11.5 Å². The zero-order valence-corrected chi connectivity index (χ0v) is 17.3. The van der Waals surface area contributed by atoms with Crippen molar-refractivity contribution >= 4 is 23.3 Å². The van der Waals surface area contributed by atoms with Crippen molar-refractivity contribution in [2.24, 2.45) is 0 Å². The normalized spacial score (nSPS) is 13.2. The third-order valence-electron chi connectivity index (χ3n) is 4.29. The van der Waals surface area contributed by atoms with Gasteiger partial charge in [0.25, 0.3) is 0 Å². The highest BCUT2D eigenvalue weighted by atomic mass is 32.2. The van der Waals surface area contributed by atoms with Crippen molar-refractivity contribution in [2.75, 3.05) is 13.7 Å². The Morgan fingerprint density at radius 2 is 1.70 bits per heavy atom. The number of ether oxygens (including phenoxy) is 2. The Hall–Kier alpha value is -2.68. The Morgan fingerprint density at radius 1 is 1.10 bits per heavy atom. The van der Waals surface area contributed by atoms with Crippen LogP contribution in [0.1, 0.15) is 24.0 Å². The number of alkyl halides is 3.